The van der Waals surface area contributed by atoms with E-state index in [1.54, 1.807) is 7.11 Å². The van der Waals surface area contributed by atoms with Gasteiger partial charge in [0.1, 0.15) is 5.75 Å². The zero-order valence-corrected chi connectivity index (χ0v) is 20.0. The van der Waals surface area contributed by atoms with E-state index in [0.717, 1.165) is 26.9 Å². The normalized spacial score (nSPS) is 21.6. The number of carbonyl (C=O) groups excluding carboxylic acids is 2. The van der Waals surface area contributed by atoms with Gasteiger partial charge in [0.25, 0.3) is 0 Å². The van der Waals surface area contributed by atoms with Crippen LogP contribution in [0.3, 0.4) is 0 Å². The van der Waals surface area contributed by atoms with E-state index in [0.29, 0.717) is 18.6 Å². The van der Waals surface area contributed by atoms with Gasteiger partial charge < -0.3 is 10.1 Å². The van der Waals surface area contributed by atoms with E-state index in [4.69, 9.17) is 4.74 Å². The lowest BCUT2D eigenvalue weighted by Crippen LogP contribution is -2.38. The summed E-state index contributed by atoms with van der Waals surface area (Å²) in [7, 11) is 1.62. The van der Waals surface area contributed by atoms with Gasteiger partial charge in [-0.05, 0) is 47.1 Å². The average molecular weight is 482 g/mol. The molecule has 4 nitrogen and oxygen atoms in total. The molecule has 2 atom stereocenters. The number of carbonyl (C=O) groups is 2. The van der Waals surface area contributed by atoms with E-state index in [1.165, 1.54) is 5.56 Å². The Labute approximate surface area is 192 Å². The van der Waals surface area contributed by atoms with Gasteiger partial charge in [-0.3, -0.25) is 9.59 Å². The largest absolute Gasteiger partial charge is 0.496 e. The van der Waals surface area contributed by atoms with E-state index < -0.39 is 0 Å². The van der Waals surface area contributed by atoms with Crippen LogP contribution in [0, 0.1) is 0 Å². The van der Waals surface area contributed by atoms with Gasteiger partial charge in [0, 0.05) is 40.1 Å². The van der Waals surface area contributed by atoms with Gasteiger partial charge in [-0.25, -0.2) is 0 Å². The monoisotopic (exact) mass is 481 g/mol. The molecule has 0 fully saturated rings. The molecule has 1 aliphatic carbocycles. The highest BCUT2D eigenvalue weighted by Crippen LogP contribution is 2.45. The lowest BCUT2D eigenvalue weighted by molar-refractivity contribution is -0.122. The van der Waals surface area contributed by atoms with Crippen molar-refractivity contribution in [3.8, 4) is 5.75 Å². The minimum Gasteiger partial charge on any atom is -0.496 e. The molecule has 0 radical (unpaired) electrons. The lowest BCUT2D eigenvalue weighted by atomic mass is 9.73. The summed E-state index contributed by atoms with van der Waals surface area (Å²) < 4.78 is 6.45. The first kappa shape index (κ1) is 21.8. The van der Waals surface area contributed by atoms with Crippen LogP contribution in [0.25, 0.3) is 0 Å². The smallest absolute Gasteiger partial charge is 0.225 e. The first-order chi connectivity index (χ1) is 14.7. The summed E-state index contributed by atoms with van der Waals surface area (Å²) in [5, 5.41) is 3.00. The van der Waals surface area contributed by atoms with Gasteiger partial charge in [-0.2, -0.15) is 0 Å². The van der Waals surface area contributed by atoms with E-state index >= 15 is 0 Å². The number of methoxy groups -OCH3 is 1. The molecule has 5 heteroatoms. The summed E-state index contributed by atoms with van der Waals surface area (Å²) in [5.41, 5.74) is 4.88. The fourth-order valence-electron chi connectivity index (χ4n) is 4.69. The van der Waals surface area contributed by atoms with Gasteiger partial charge in [0.05, 0.1) is 7.11 Å². The van der Waals surface area contributed by atoms with Crippen LogP contribution < -0.4 is 10.1 Å². The van der Waals surface area contributed by atoms with Crippen LogP contribution in [0.4, 0.5) is 0 Å². The average Bonchev–Trinajstić information content (AvgIpc) is 2.72. The third kappa shape index (κ3) is 4.33. The van der Waals surface area contributed by atoms with Crippen molar-refractivity contribution in [3.05, 3.63) is 74.9 Å². The fourth-order valence-corrected chi connectivity index (χ4v) is 5.07. The molecule has 1 N–H and O–H groups in total. The van der Waals surface area contributed by atoms with Gasteiger partial charge in [0.15, 0.2) is 5.78 Å². The summed E-state index contributed by atoms with van der Waals surface area (Å²) in [4.78, 5) is 25.9. The second-order valence-corrected chi connectivity index (χ2v) is 10.4. The zero-order valence-electron chi connectivity index (χ0n) is 18.4. The predicted molar refractivity (Wildman–Crippen MR) is 125 cm³/mol. The Hall–Kier alpha value is -2.40. The molecule has 2 unspecified atom stereocenters. The highest BCUT2D eigenvalue weighted by molar-refractivity contribution is 9.10. The van der Waals surface area contributed by atoms with Crippen LogP contribution in [0.5, 0.6) is 5.75 Å². The number of ketones is 1. The fraction of sp³-hybridized carbons (Fsp3) is 0.385. The second kappa shape index (κ2) is 8.27. The van der Waals surface area contributed by atoms with E-state index in [-0.39, 0.29) is 35.4 Å². The number of amides is 1. The van der Waals surface area contributed by atoms with Crippen molar-refractivity contribution in [2.24, 2.45) is 0 Å². The summed E-state index contributed by atoms with van der Waals surface area (Å²) >= 11 is 3.51. The van der Waals surface area contributed by atoms with Crippen LogP contribution in [-0.4, -0.2) is 18.8 Å². The van der Waals surface area contributed by atoms with Gasteiger partial charge in [-0.15, -0.1) is 0 Å². The van der Waals surface area contributed by atoms with E-state index in [1.807, 2.05) is 18.2 Å². The number of Topliss-reactive ketones (excluding diaryl/α,β-unsaturated/α-hetero) is 1. The molecule has 4 rings (SSSR count). The highest BCUT2D eigenvalue weighted by atomic mass is 79.9. The van der Waals surface area contributed by atoms with Gasteiger partial charge in [-0.1, -0.05) is 61.0 Å². The number of hydrogen-bond donors (Lipinski definition) is 1. The second-order valence-electron chi connectivity index (χ2n) is 9.48. The Bertz CT molecular complexity index is 1060. The molecular weight excluding hydrogens is 454 g/mol. The highest BCUT2D eigenvalue weighted by Gasteiger charge is 2.39. The molecule has 0 spiro atoms. The maximum absolute atomic E-state index is 13.4. The van der Waals surface area contributed by atoms with Crippen molar-refractivity contribution in [2.75, 3.05) is 7.11 Å². The van der Waals surface area contributed by atoms with Crippen molar-refractivity contribution in [3.63, 3.8) is 0 Å². The van der Waals surface area contributed by atoms with Gasteiger partial charge >= 0.3 is 0 Å². The Kier molecular flexibility index (Phi) is 5.82. The molecule has 0 bridgehead atoms. The number of hydrogen-bond acceptors (Lipinski definition) is 3. The van der Waals surface area contributed by atoms with Crippen molar-refractivity contribution < 1.29 is 14.3 Å². The number of rotatable bonds is 3. The minimum atomic E-state index is -0.284. The van der Waals surface area contributed by atoms with Crippen LogP contribution in [-0.2, 0) is 15.0 Å². The summed E-state index contributed by atoms with van der Waals surface area (Å²) in [6.07, 6.45) is 1.37. The number of nitrogens with one attached hydrogen (secondary N) is 1. The van der Waals surface area contributed by atoms with E-state index in [2.05, 4.69) is 66.3 Å². The third-order valence-electron chi connectivity index (χ3n) is 6.35. The molecule has 2 aromatic rings. The first-order valence-corrected chi connectivity index (χ1v) is 11.5. The molecule has 0 saturated carbocycles. The summed E-state index contributed by atoms with van der Waals surface area (Å²) in [6, 6.07) is 14.3. The van der Waals surface area contributed by atoms with Crippen LogP contribution in [0.15, 0.2) is 58.2 Å². The Balaban J connectivity index is 1.69. The molecule has 0 saturated heterocycles. The summed E-state index contributed by atoms with van der Waals surface area (Å²) in [6.45, 7) is 6.57. The molecule has 0 aromatic heterocycles. The lowest BCUT2D eigenvalue weighted by Gasteiger charge is -2.35. The molecular formula is C26H28BrNO3. The molecule has 31 heavy (non-hydrogen) atoms. The molecule has 2 aromatic carbocycles. The first-order valence-electron chi connectivity index (χ1n) is 10.7. The van der Waals surface area contributed by atoms with Crippen LogP contribution in [0.1, 0.15) is 68.6 Å². The molecule has 1 amide bonds. The van der Waals surface area contributed by atoms with Crippen LogP contribution >= 0.6 is 15.9 Å². The Morgan fingerprint density at radius 3 is 2.35 bits per heavy atom. The SMILES string of the molecule is COc1ccc(Br)cc1C1CC(=O)NC2=C1C(=O)CC(c1ccc(C(C)(C)C)cc1)C2. The topological polar surface area (TPSA) is 55.4 Å². The van der Waals surface area contributed by atoms with Crippen molar-refractivity contribution in [2.45, 2.75) is 57.3 Å². The maximum Gasteiger partial charge on any atom is 0.225 e. The molecule has 162 valence electrons. The Morgan fingerprint density at radius 1 is 1.00 bits per heavy atom. The maximum atomic E-state index is 13.4. The summed E-state index contributed by atoms with van der Waals surface area (Å²) in [5.74, 6) is 0.541. The van der Waals surface area contributed by atoms with Crippen molar-refractivity contribution in [1.29, 1.82) is 0 Å². The molecule has 1 aliphatic heterocycles. The van der Waals surface area contributed by atoms with E-state index in [9.17, 15) is 9.59 Å². The number of allylic oxidation sites excluding steroid dienone is 2. The zero-order chi connectivity index (χ0) is 22.3. The number of benzene rings is 2. The van der Waals surface area contributed by atoms with Gasteiger partial charge in [0.2, 0.25) is 5.91 Å². The predicted octanol–water partition coefficient (Wildman–Crippen LogP) is 5.76. The Morgan fingerprint density at radius 2 is 1.71 bits per heavy atom. The minimum absolute atomic E-state index is 0.0534. The molecule has 2 aliphatic rings. The quantitative estimate of drug-likeness (QED) is 0.606. The number of ether oxygens (including phenoxy) is 1. The van der Waals surface area contributed by atoms with Crippen LogP contribution in [0.2, 0.25) is 0 Å². The third-order valence-corrected chi connectivity index (χ3v) is 6.84. The number of halogens is 1. The van der Waals surface area contributed by atoms with Crippen molar-refractivity contribution >= 4 is 27.6 Å². The van der Waals surface area contributed by atoms with Crippen molar-refractivity contribution in [1.82, 2.24) is 5.32 Å². The molecule has 1 heterocycles. The standard InChI is InChI=1S/C26H28BrNO3/c1-26(2,3)17-7-5-15(6-8-17)16-11-21-25(22(29)12-16)20(14-24(30)28-21)19-13-18(27)9-10-23(19)31-4/h5-10,13,16,20H,11-12,14H2,1-4H3,(H,28,30).